The molecule has 150 valence electrons. The van der Waals surface area contributed by atoms with E-state index in [0.29, 0.717) is 18.8 Å². The largest absolute Gasteiger partial charge is 0.468 e. The zero-order chi connectivity index (χ0) is 19.8. The van der Waals surface area contributed by atoms with Crippen LogP contribution in [0.15, 0.2) is 47.1 Å². The van der Waals surface area contributed by atoms with Crippen molar-refractivity contribution in [1.29, 1.82) is 0 Å². The molecular weight excluding hydrogens is 371 g/mol. The summed E-state index contributed by atoms with van der Waals surface area (Å²) < 4.78 is 20.5. The monoisotopic (exact) mass is 394 g/mol. The van der Waals surface area contributed by atoms with E-state index in [1.807, 2.05) is 21.7 Å². The van der Waals surface area contributed by atoms with Crippen molar-refractivity contribution in [2.24, 2.45) is 0 Å². The molecule has 2 aromatic heterocycles. The molecule has 1 amide bonds. The summed E-state index contributed by atoms with van der Waals surface area (Å²) in [7, 11) is 0. The van der Waals surface area contributed by atoms with Gasteiger partial charge in [0.25, 0.3) is 5.91 Å². The second kappa shape index (κ2) is 7.48. The van der Waals surface area contributed by atoms with Gasteiger partial charge in [-0.3, -0.25) is 9.69 Å². The molecular formula is C22H23FN4O2. The Morgan fingerprint density at radius 2 is 1.86 bits per heavy atom. The third-order valence-corrected chi connectivity index (χ3v) is 5.82. The van der Waals surface area contributed by atoms with Gasteiger partial charge in [-0.1, -0.05) is 0 Å². The van der Waals surface area contributed by atoms with Crippen LogP contribution in [0.5, 0.6) is 0 Å². The molecule has 1 aromatic carbocycles. The second-order valence-corrected chi connectivity index (χ2v) is 7.66. The average Bonchev–Trinajstić information content (AvgIpc) is 3.47. The maximum Gasteiger partial charge on any atom is 0.274 e. The topological polar surface area (TPSA) is 54.5 Å². The highest BCUT2D eigenvalue weighted by Crippen LogP contribution is 2.29. The molecule has 0 saturated carbocycles. The highest BCUT2D eigenvalue weighted by Gasteiger charge is 2.31. The Hall–Kier alpha value is -2.93. The van der Waals surface area contributed by atoms with Gasteiger partial charge >= 0.3 is 0 Å². The number of benzene rings is 1. The number of aromatic nitrogens is 2. The quantitative estimate of drug-likeness (QED) is 0.683. The molecule has 6 nitrogen and oxygen atoms in total. The van der Waals surface area contributed by atoms with Gasteiger partial charge in [-0.2, -0.15) is 5.10 Å². The molecule has 0 N–H and O–H groups in total. The molecule has 1 fully saturated rings. The van der Waals surface area contributed by atoms with E-state index in [9.17, 15) is 9.18 Å². The molecule has 0 bridgehead atoms. The van der Waals surface area contributed by atoms with Crippen molar-refractivity contribution in [2.75, 3.05) is 26.2 Å². The van der Waals surface area contributed by atoms with Crippen molar-refractivity contribution < 1.29 is 13.6 Å². The van der Waals surface area contributed by atoms with Crippen LogP contribution in [-0.4, -0.2) is 51.7 Å². The lowest BCUT2D eigenvalue weighted by atomic mass is 10.1. The lowest BCUT2D eigenvalue weighted by molar-refractivity contribution is 0.0613. The molecule has 2 aliphatic rings. The van der Waals surface area contributed by atoms with E-state index in [0.717, 1.165) is 61.6 Å². The van der Waals surface area contributed by atoms with Gasteiger partial charge < -0.3 is 9.32 Å². The van der Waals surface area contributed by atoms with Gasteiger partial charge in [-0.05, 0) is 55.7 Å². The summed E-state index contributed by atoms with van der Waals surface area (Å²) >= 11 is 0. The summed E-state index contributed by atoms with van der Waals surface area (Å²) in [5.74, 6) is 0.670. The molecule has 29 heavy (non-hydrogen) atoms. The molecule has 0 atom stereocenters. The van der Waals surface area contributed by atoms with E-state index in [1.165, 1.54) is 12.1 Å². The molecule has 0 unspecified atom stereocenters. The van der Waals surface area contributed by atoms with E-state index in [2.05, 4.69) is 10.00 Å². The van der Waals surface area contributed by atoms with Crippen LogP contribution in [0.4, 0.5) is 4.39 Å². The lowest BCUT2D eigenvalue weighted by Gasteiger charge is -2.34. The van der Waals surface area contributed by atoms with Gasteiger partial charge in [0.15, 0.2) is 5.69 Å². The molecule has 1 aliphatic heterocycles. The normalized spacial score (nSPS) is 16.9. The SMILES string of the molecule is O=C(c1nn(-c2ccc(F)cc2)c2c1CCC2)N1CCN(Cc2ccco2)CC1. The number of halogens is 1. The zero-order valence-corrected chi connectivity index (χ0v) is 16.2. The van der Waals surface area contributed by atoms with Crippen molar-refractivity contribution in [3.63, 3.8) is 0 Å². The average molecular weight is 394 g/mol. The Labute approximate surface area is 168 Å². The van der Waals surface area contributed by atoms with Crippen LogP contribution in [0, 0.1) is 5.82 Å². The Balaban J connectivity index is 1.33. The van der Waals surface area contributed by atoms with Crippen molar-refractivity contribution >= 4 is 5.91 Å². The summed E-state index contributed by atoms with van der Waals surface area (Å²) in [5.41, 5.74) is 3.49. The summed E-state index contributed by atoms with van der Waals surface area (Å²) in [6.45, 7) is 3.75. The minimum atomic E-state index is -0.277. The summed E-state index contributed by atoms with van der Waals surface area (Å²) in [5, 5.41) is 4.66. The molecule has 7 heteroatoms. The van der Waals surface area contributed by atoms with E-state index < -0.39 is 0 Å². The van der Waals surface area contributed by atoms with E-state index in [4.69, 9.17) is 4.42 Å². The third kappa shape index (κ3) is 3.46. The number of furan rings is 1. The van der Waals surface area contributed by atoms with E-state index in [-0.39, 0.29) is 11.7 Å². The van der Waals surface area contributed by atoms with Crippen LogP contribution in [0.2, 0.25) is 0 Å². The first-order valence-electron chi connectivity index (χ1n) is 10.1. The van der Waals surface area contributed by atoms with E-state index in [1.54, 1.807) is 18.4 Å². The summed E-state index contributed by atoms with van der Waals surface area (Å²) in [6.07, 6.45) is 4.47. The van der Waals surface area contributed by atoms with E-state index >= 15 is 0 Å². The first-order chi connectivity index (χ1) is 14.2. The van der Waals surface area contributed by atoms with Crippen LogP contribution >= 0.6 is 0 Å². The third-order valence-electron chi connectivity index (χ3n) is 5.82. The fourth-order valence-corrected chi connectivity index (χ4v) is 4.29. The Bertz CT molecular complexity index is 1000. The van der Waals surface area contributed by atoms with Gasteiger partial charge in [0, 0.05) is 37.4 Å². The van der Waals surface area contributed by atoms with Crippen LogP contribution in [-0.2, 0) is 19.4 Å². The van der Waals surface area contributed by atoms with Gasteiger partial charge in [0.05, 0.1) is 18.5 Å². The fraction of sp³-hybridized carbons (Fsp3) is 0.364. The molecule has 5 rings (SSSR count). The minimum absolute atomic E-state index is 0.00154. The summed E-state index contributed by atoms with van der Waals surface area (Å²) in [6, 6.07) is 10.2. The van der Waals surface area contributed by atoms with Crippen LogP contribution in [0.25, 0.3) is 5.69 Å². The second-order valence-electron chi connectivity index (χ2n) is 7.66. The number of hydrogen-bond donors (Lipinski definition) is 0. The predicted molar refractivity (Wildman–Crippen MR) is 105 cm³/mol. The predicted octanol–water partition coefficient (Wildman–Crippen LogP) is 3.05. The maximum atomic E-state index is 13.3. The molecule has 1 saturated heterocycles. The number of carbonyl (C=O) groups excluding carboxylic acids is 1. The Morgan fingerprint density at radius 3 is 2.59 bits per heavy atom. The van der Waals surface area contributed by atoms with Crippen molar-refractivity contribution in [3.05, 3.63) is 71.2 Å². The molecule has 3 aromatic rings. The van der Waals surface area contributed by atoms with Crippen LogP contribution in [0.3, 0.4) is 0 Å². The minimum Gasteiger partial charge on any atom is -0.468 e. The number of rotatable bonds is 4. The number of hydrogen-bond acceptors (Lipinski definition) is 4. The van der Waals surface area contributed by atoms with Gasteiger partial charge in [-0.15, -0.1) is 0 Å². The highest BCUT2D eigenvalue weighted by atomic mass is 19.1. The van der Waals surface area contributed by atoms with Gasteiger partial charge in [0.2, 0.25) is 0 Å². The fourth-order valence-electron chi connectivity index (χ4n) is 4.29. The lowest BCUT2D eigenvalue weighted by Crippen LogP contribution is -2.48. The number of piperazine rings is 1. The van der Waals surface area contributed by atoms with Crippen LogP contribution in [0.1, 0.15) is 33.9 Å². The first-order valence-corrected chi connectivity index (χ1v) is 10.1. The maximum absolute atomic E-state index is 13.3. The van der Waals surface area contributed by atoms with Crippen molar-refractivity contribution in [2.45, 2.75) is 25.8 Å². The molecule has 1 aliphatic carbocycles. The van der Waals surface area contributed by atoms with Gasteiger partial charge in [0.1, 0.15) is 11.6 Å². The van der Waals surface area contributed by atoms with Crippen molar-refractivity contribution in [1.82, 2.24) is 19.6 Å². The number of fused-ring (bicyclic) bond motifs is 1. The Kier molecular flexibility index (Phi) is 4.67. The number of nitrogens with zero attached hydrogens (tertiary/aromatic N) is 4. The van der Waals surface area contributed by atoms with Gasteiger partial charge in [-0.25, -0.2) is 9.07 Å². The molecule has 0 spiro atoms. The first kappa shape index (κ1) is 18.1. The number of amides is 1. The number of carbonyl (C=O) groups is 1. The zero-order valence-electron chi connectivity index (χ0n) is 16.2. The highest BCUT2D eigenvalue weighted by molar-refractivity contribution is 5.94. The molecule has 3 heterocycles. The summed E-state index contributed by atoms with van der Waals surface area (Å²) in [4.78, 5) is 17.4. The Morgan fingerprint density at radius 1 is 1.07 bits per heavy atom. The smallest absolute Gasteiger partial charge is 0.274 e. The van der Waals surface area contributed by atoms with Crippen molar-refractivity contribution in [3.8, 4) is 5.69 Å². The molecule has 0 radical (unpaired) electrons. The van der Waals surface area contributed by atoms with Crippen LogP contribution < -0.4 is 0 Å². The standard InChI is InChI=1S/C22H23FN4O2/c23-16-6-8-17(9-7-16)27-20-5-1-4-19(20)21(24-27)22(28)26-12-10-25(11-13-26)15-18-3-2-14-29-18/h2-3,6-9,14H,1,4-5,10-13,15H2.